The number of piperidine rings is 1. The number of alkyl carbamates (subject to hydrolysis) is 1. The molecule has 2 amide bonds. The van der Waals surface area contributed by atoms with E-state index in [1.165, 1.54) is 16.4 Å². The van der Waals surface area contributed by atoms with Crippen LogP contribution in [0.1, 0.15) is 58.4 Å². The smallest absolute Gasteiger partial charge is 0.407 e. The number of hydrogen-bond acceptors (Lipinski definition) is 10. The van der Waals surface area contributed by atoms with Gasteiger partial charge >= 0.3 is 12.2 Å². The predicted octanol–water partition coefficient (Wildman–Crippen LogP) is 5.05. The zero-order valence-electron chi connectivity index (χ0n) is 31.2. The number of rotatable bonds is 13. The highest BCUT2D eigenvalue weighted by molar-refractivity contribution is 7.92. The zero-order chi connectivity index (χ0) is 39.6. The van der Waals surface area contributed by atoms with Gasteiger partial charge in [-0.05, 0) is 99.9 Å². The molecule has 3 aliphatic rings. The third kappa shape index (κ3) is 9.97. The summed E-state index contributed by atoms with van der Waals surface area (Å²) in [5.41, 5.74) is 1.09. The molecule has 1 spiro atoms. The fourth-order valence-electron chi connectivity index (χ4n) is 6.96. The summed E-state index contributed by atoms with van der Waals surface area (Å²) in [4.78, 5) is 25.8. The number of hydrogen-bond donors (Lipinski definition) is 3. The standard InChI is InChI=1S/C39H49N3O11S2/c1-38(2,3)53-36(44)40-23-27-10-12-28(13-11-27)29-6-4-9-35(20-29)55(49,50)41-18-16-39(17-19-41)22-30(25-52-39)42(37(45)46)24-31(43)26-51-32-7-5-8-34(21-32)54(47,48)33-14-15-33/h4-13,20-21,30-31,33,43H,14-19,22-26H2,1-3H3,(H,40,44)(H,45,46). The third-order valence-electron chi connectivity index (χ3n) is 10.1. The fraction of sp³-hybridized carbons (Fsp3) is 0.487. The number of nitrogens with zero attached hydrogens (tertiary/aromatic N) is 2. The second-order valence-electron chi connectivity index (χ2n) is 15.5. The van der Waals surface area contributed by atoms with E-state index in [0.29, 0.717) is 32.1 Å². The molecule has 0 radical (unpaired) electrons. The van der Waals surface area contributed by atoms with Crippen LogP contribution in [-0.4, -0.2) is 110 Å². The number of sulfone groups is 1. The lowest BCUT2D eigenvalue weighted by atomic mass is 9.88. The Bertz CT molecular complexity index is 2070. The first-order valence-corrected chi connectivity index (χ1v) is 21.4. The lowest BCUT2D eigenvalue weighted by Crippen LogP contribution is -2.48. The molecule has 16 heteroatoms. The monoisotopic (exact) mass is 799 g/mol. The van der Waals surface area contributed by atoms with Gasteiger partial charge in [0, 0.05) is 19.6 Å². The maximum Gasteiger partial charge on any atom is 0.407 e. The molecule has 2 unspecified atom stereocenters. The van der Waals surface area contributed by atoms with Gasteiger partial charge in [0.05, 0.1) is 39.8 Å². The Morgan fingerprint density at radius 3 is 2.29 bits per heavy atom. The average Bonchev–Trinajstić information content (AvgIpc) is 3.94. The second-order valence-corrected chi connectivity index (χ2v) is 19.6. The van der Waals surface area contributed by atoms with Gasteiger partial charge in [-0.15, -0.1) is 0 Å². The molecule has 0 aromatic heterocycles. The minimum absolute atomic E-state index is 0.103. The Morgan fingerprint density at radius 2 is 1.64 bits per heavy atom. The SMILES string of the molecule is CC(C)(C)OC(=O)NCc1ccc(-c2cccc(S(=O)(=O)N3CCC4(CC3)CC(N(CC(O)COc3cccc(S(=O)(=O)C5CC5)c3)C(=O)O)CO4)c2)cc1. The van der Waals surface area contributed by atoms with Crippen LogP contribution in [0.5, 0.6) is 5.75 Å². The number of aliphatic hydroxyl groups excluding tert-OH is 1. The lowest BCUT2D eigenvalue weighted by molar-refractivity contribution is -0.0319. The van der Waals surface area contributed by atoms with Crippen LogP contribution in [0.4, 0.5) is 9.59 Å². The molecule has 1 aliphatic carbocycles. The number of aliphatic hydroxyl groups is 1. The molecule has 298 valence electrons. The van der Waals surface area contributed by atoms with Crippen LogP contribution < -0.4 is 10.1 Å². The Balaban J connectivity index is 1.01. The highest BCUT2D eigenvalue weighted by Crippen LogP contribution is 2.39. The van der Waals surface area contributed by atoms with Gasteiger partial charge in [-0.2, -0.15) is 4.31 Å². The Labute approximate surface area is 322 Å². The lowest BCUT2D eigenvalue weighted by Gasteiger charge is -2.38. The fourth-order valence-corrected chi connectivity index (χ4v) is 10.1. The van der Waals surface area contributed by atoms with Gasteiger partial charge in [-0.25, -0.2) is 26.4 Å². The molecular formula is C39H49N3O11S2. The molecule has 3 aromatic rings. The van der Waals surface area contributed by atoms with E-state index in [2.05, 4.69) is 5.32 Å². The Kier molecular flexibility index (Phi) is 11.8. The van der Waals surface area contributed by atoms with E-state index in [1.807, 2.05) is 30.3 Å². The molecule has 55 heavy (non-hydrogen) atoms. The van der Waals surface area contributed by atoms with Crippen LogP contribution in [-0.2, 0) is 35.9 Å². The number of carboxylic acid groups (broad SMARTS) is 1. The molecule has 3 N–H and O–H groups in total. The van der Waals surface area contributed by atoms with Crippen molar-refractivity contribution in [1.29, 1.82) is 0 Å². The molecule has 3 fully saturated rings. The predicted molar refractivity (Wildman–Crippen MR) is 203 cm³/mol. The third-order valence-corrected chi connectivity index (χ3v) is 14.2. The maximum absolute atomic E-state index is 13.8. The van der Waals surface area contributed by atoms with Crippen LogP contribution in [0, 0.1) is 0 Å². The van der Waals surface area contributed by atoms with Crippen LogP contribution in [0.25, 0.3) is 11.1 Å². The number of carbonyl (C=O) groups is 2. The first-order chi connectivity index (χ1) is 25.9. The molecule has 2 heterocycles. The summed E-state index contributed by atoms with van der Waals surface area (Å²) in [7, 11) is -7.27. The Morgan fingerprint density at radius 1 is 0.964 bits per heavy atom. The minimum Gasteiger partial charge on any atom is -0.491 e. The summed E-state index contributed by atoms with van der Waals surface area (Å²) < 4.78 is 71.4. The molecule has 3 aromatic carbocycles. The first kappa shape index (κ1) is 40.4. The number of carbonyl (C=O) groups excluding carboxylic acids is 1. The summed E-state index contributed by atoms with van der Waals surface area (Å²) in [5, 5.41) is 23.2. The van der Waals surface area contributed by atoms with Gasteiger partial charge in [0.2, 0.25) is 10.0 Å². The minimum atomic E-state index is -3.85. The van der Waals surface area contributed by atoms with Gasteiger partial charge < -0.3 is 34.6 Å². The summed E-state index contributed by atoms with van der Waals surface area (Å²) >= 11 is 0. The molecule has 6 rings (SSSR count). The summed E-state index contributed by atoms with van der Waals surface area (Å²) in [5.74, 6) is 0.263. The van der Waals surface area contributed by atoms with E-state index in [1.54, 1.807) is 51.1 Å². The molecule has 14 nitrogen and oxygen atoms in total. The maximum atomic E-state index is 13.8. The average molecular weight is 800 g/mol. The highest BCUT2D eigenvalue weighted by Gasteiger charge is 2.47. The summed E-state index contributed by atoms with van der Waals surface area (Å²) in [6.45, 7) is 5.65. The van der Waals surface area contributed by atoms with Crippen LogP contribution >= 0.6 is 0 Å². The normalized spacial score (nSPS) is 19.5. The van der Waals surface area contributed by atoms with Crippen molar-refractivity contribution in [3.05, 3.63) is 78.4 Å². The van der Waals surface area contributed by atoms with E-state index < -0.39 is 55.4 Å². The number of nitrogens with one attached hydrogen (secondary N) is 1. The zero-order valence-corrected chi connectivity index (χ0v) is 32.9. The van der Waals surface area contributed by atoms with Crippen molar-refractivity contribution in [3.63, 3.8) is 0 Å². The van der Waals surface area contributed by atoms with Crippen molar-refractivity contribution in [2.24, 2.45) is 0 Å². The van der Waals surface area contributed by atoms with Gasteiger partial charge in [-0.3, -0.25) is 0 Å². The molecule has 2 atom stereocenters. The van der Waals surface area contributed by atoms with Crippen LogP contribution in [0.3, 0.4) is 0 Å². The number of amides is 2. The van der Waals surface area contributed by atoms with Gasteiger partial charge in [-0.1, -0.05) is 42.5 Å². The van der Waals surface area contributed by atoms with Crippen molar-refractivity contribution in [2.75, 3.05) is 32.8 Å². The van der Waals surface area contributed by atoms with E-state index in [-0.39, 0.29) is 60.2 Å². The number of benzene rings is 3. The van der Waals surface area contributed by atoms with Gasteiger partial charge in [0.1, 0.15) is 24.1 Å². The summed E-state index contributed by atoms with van der Waals surface area (Å²) in [6.07, 6.45) is -0.573. The first-order valence-electron chi connectivity index (χ1n) is 18.4. The topological polar surface area (TPSA) is 189 Å². The largest absolute Gasteiger partial charge is 0.491 e. The molecule has 0 bridgehead atoms. The second kappa shape index (κ2) is 16.1. The van der Waals surface area contributed by atoms with Crippen molar-refractivity contribution < 1.29 is 50.8 Å². The van der Waals surface area contributed by atoms with Crippen molar-refractivity contribution >= 4 is 32.0 Å². The Hall–Kier alpha value is -4.22. The van der Waals surface area contributed by atoms with Crippen molar-refractivity contribution in [3.8, 4) is 16.9 Å². The van der Waals surface area contributed by atoms with E-state index >= 15 is 0 Å². The highest BCUT2D eigenvalue weighted by atomic mass is 32.2. The van der Waals surface area contributed by atoms with E-state index in [9.17, 15) is 36.6 Å². The molecule has 1 saturated carbocycles. The quantitative estimate of drug-likeness (QED) is 0.210. The van der Waals surface area contributed by atoms with Crippen molar-refractivity contribution in [1.82, 2.24) is 14.5 Å². The van der Waals surface area contributed by atoms with Gasteiger partial charge in [0.15, 0.2) is 9.84 Å². The summed E-state index contributed by atoms with van der Waals surface area (Å²) in [6, 6.07) is 19.7. The van der Waals surface area contributed by atoms with Crippen LogP contribution in [0.15, 0.2) is 82.6 Å². The van der Waals surface area contributed by atoms with Gasteiger partial charge in [0.25, 0.3) is 0 Å². The number of ether oxygens (including phenoxy) is 3. The molecule has 2 aliphatic heterocycles. The van der Waals surface area contributed by atoms with Crippen molar-refractivity contribution in [2.45, 2.75) is 97.8 Å². The van der Waals surface area contributed by atoms with E-state index in [4.69, 9.17) is 14.2 Å². The molecule has 2 saturated heterocycles. The molecular weight excluding hydrogens is 751 g/mol. The number of sulfonamides is 1. The van der Waals surface area contributed by atoms with E-state index in [0.717, 1.165) is 21.6 Å². The van der Waals surface area contributed by atoms with Crippen LogP contribution in [0.2, 0.25) is 0 Å².